The van der Waals surface area contributed by atoms with Crippen molar-refractivity contribution in [2.45, 2.75) is 40.3 Å². The molecule has 0 saturated heterocycles. The summed E-state index contributed by atoms with van der Waals surface area (Å²) in [5, 5.41) is 5.66. The Labute approximate surface area is 121 Å². The van der Waals surface area contributed by atoms with Crippen LogP contribution >= 0.6 is 0 Å². The first kappa shape index (κ1) is 14.8. The van der Waals surface area contributed by atoms with Crippen molar-refractivity contribution in [3.8, 4) is 5.88 Å². The monoisotopic (exact) mass is 272 g/mol. The zero-order valence-electron chi connectivity index (χ0n) is 12.8. The van der Waals surface area contributed by atoms with Crippen LogP contribution in [0.15, 0.2) is 30.5 Å². The second-order valence-electron chi connectivity index (χ2n) is 5.48. The van der Waals surface area contributed by atoms with Gasteiger partial charge in [-0.05, 0) is 36.4 Å². The molecule has 2 aromatic rings. The van der Waals surface area contributed by atoms with Crippen LogP contribution in [0.25, 0.3) is 10.8 Å². The summed E-state index contributed by atoms with van der Waals surface area (Å²) in [5.74, 6) is 1.21. The molecular weight excluding hydrogens is 248 g/mol. The molecule has 0 aliphatic carbocycles. The number of rotatable bonds is 6. The van der Waals surface area contributed by atoms with Crippen molar-refractivity contribution in [2.75, 3.05) is 6.54 Å². The Bertz CT molecular complexity index is 566. The van der Waals surface area contributed by atoms with Crippen LogP contribution < -0.4 is 10.1 Å². The minimum Gasteiger partial charge on any atom is -0.474 e. The minimum absolute atomic E-state index is 0.158. The van der Waals surface area contributed by atoms with Crippen molar-refractivity contribution < 1.29 is 4.74 Å². The molecule has 0 saturated carbocycles. The normalized spacial score (nSPS) is 12.8. The third-order valence-electron chi connectivity index (χ3n) is 3.64. The Balaban J connectivity index is 2.38. The molecule has 0 radical (unpaired) electrons. The molecule has 0 aliphatic rings. The van der Waals surface area contributed by atoms with Gasteiger partial charge in [0.1, 0.15) is 0 Å². The highest BCUT2D eigenvalue weighted by Gasteiger charge is 2.13. The van der Waals surface area contributed by atoms with Crippen LogP contribution in [0.4, 0.5) is 0 Å². The van der Waals surface area contributed by atoms with E-state index in [4.69, 9.17) is 4.74 Å². The van der Waals surface area contributed by atoms with Crippen LogP contribution in [0.2, 0.25) is 0 Å². The van der Waals surface area contributed by atoms with E-state index < -0.39 is 0 Å². The first-order valence-electron chi connectivity index (χ1n) is 7.37. The summed E-state index contributed by atoms with van der Waals surface area (Å²) in [5.41, 5.74) is 1.21. The van der Waals surface area contributed by atoms with E-state index in [0.717, 1.165) is 24.4 Å². The maximum absolute atomic E-state index is 6.02. The van der Waals surface area contributed by atoms with Crippen LogP contribution in [0.5, 0.6) is 5.88 Å². The molecule has 3 nitrogen and oxygen atoms in total. The first-order chi connectivity index (χ1) is 9.63. The van der Waals surface area contributed by atoms with Crippen molar-refractivity contribution in [1.29, 1.82) is 0 Å². The average Bonchev–Trinajstić information content (AvgIpc) is 2.46. The molecular formula is C17H24N2O. The van der Waals surface area contributed by atoms with Gasteiger partial charge in [-0.1, -0.05) is 39.0 Å². The number of ether oxygens (including phenoxy) is 1. The van der Waals surface area contributed by atoms with Gasteiger partial charge in [0.2, 0.25) is 5.88 Å². The molecule has 0 fully saturated rings. The molecule has 20 heavy (non-hydrogen) atoms. The van der Waals surface area contributed by atoms with Gasteiger partial charge < -0.3 is 10.1 Å². The van der Waals surface area contributed by atoms with Gasteiger partial charge in [-0.2, -0.15) is 0 Å². The Hall–Kier alpha value is -1.61. The van der Waals surface area contributed by atoms with Crippen molar-refractivity contribution in [3.05, 3.63) is 36.0 Å². The standard InChI is InChI=1S/C17H24N2O/c1-5-18-10-14-11-19-17(20-13(4)12(2)3)16-9-7-6-8-15(14)16/h6-9,11-13,18H,5,10H2,1-4H3. The highest BCUT2D eigenvalue weighted by molar-refractivity contribution is 5.89. The van der Waals surface area contributed by atoms with E-state index in [9.17, 15) is 0 Å². The molecule has 2 rings (SSSR count). The maximum atomic E-state index is 6.02. The van der Waals surface area contributed by atoms with E-state index >= 15 is 0 Å². The number of nitrogens with one attached hydrogen (secondary N) is 1. The van der Waals surface area contributed by atoms with Crippen molar-refractivity contribution in [2.24, 2.45) is 5.92 Å². The number of pyridine rings is 1. The van der Waals surface area contributed by atoms with Gasteiger partial charge >= 0.3 is 0 Å². The van der Waals surface area contributed by atoms with Gasteiger partial charge in [-0.25, -0.2) is 4.98 Å². The summed E-state index contributed by atoms with van der Waals surface area (Å²) in [6.07, 6.45) is 2.08. The molecule has 1 heterocycles. The minimum atomic E-state index is 0.158. The van der Waals surface area contributed by atoms with Crippen LogP contribution in [0.3, 0.4) is 0 Å². The van der Waals surface area contributed by atoms with Gasteiger partial charge in [-0.15, -0.1) is 0 Å². The lowest BCUT2D eigenvalue weighted by Gasteiger charge is -2.19. The maximum Gasteiger partial charge on any atom is 0.221 e. The molecule has 1 atom stereocenters. The predicted octanol–water partition coefficient (Wildman–Crippen LogP) is 3.77. The van der Waals surface area contributed by atoms with Crippen molar-refractivity contribution in [1.82, 2.24) is 10.3 Å². The predicted molar refractivity (Wildman–Crippen MR) is 84.1 cm³/mol. The number of nitrogens with zero attached hydrogens (tertiary/aromatic N) is 1. The fourth-order valence-electron chi connectivity index (χ4n) is 2.03. The summed E-state index contributed by atoms with van der Waals surface area (Å²) in [4.78, 5) is 4.52. The lowest BCUT2D eigenvalue weighted by Crippen LogP contribution is -2.19. The smallest absolute Gasteiger partial charge is 0.221 e. The Morgan fingerprint density at radius 3 is 2.50 bits per heavy atom. The molecule has 0 spiro atoms. The van der Waals surface area contributed by atoms with Crippen LogP contribution in [0, 0.1) is 5.92 Å². The zero-order valence-corrected chi connectivity index (χ0v) is 12.8. The van der Waals surface area contributed by atoms with E-state index in [1.54, 1.807) is 0 Å². The second-order valence-corrected chi connectivity index (χ2v) is 5.48. The highest BCUT2D eigenvalue weighted by Crippen LogP contribution is 2.27. The quantitative estimate of drug-likeness (QED) is 0.869. The molecule has 0 amide bonds. The molecule has 0 aliphatic heterocycles. The third-order valence-corrected chi connectivity index (χ3v) is 3.64. The summed E-state index contributed by atoms with van der Waals surface area (Å²) >= 11 is 0. The zero-order chi connectivity index (χ0) is 14.5. The van der Waals surface area contributed by atoms with Crippen LogP contribution in [-0.2, 0) is 6.54 Å². The summed E-state index contributed by atoms with van der Waals surface area (Å²) in [6.45, 7) is 10.3. The third kappa shape index (κ3) is 3.28. The summed E-state index contributed by atoms with van der Waals surface area (Å²) in [6, 6.07) is 8.32. The van der Waals surface area contributed by atoms with E-state index in [1.807, 2.05) is 12.3 Å². The number of aromatic nitrogens is 1. The number of benzene rings is 1. The largest absolute Gasteiger partial charge is 0.474 e. The molecule has 3 heteroatoms. The summed E-state index contributed by atoms with van der Waals surface area (Å²) < 4.78 is 6.02. The fraction of sp³-hybridized carbons (Fsp3) is 0.471. The van der Waals surface area contributed by atoms with E-state index in [2.05, 4.69) is 56.2 Å². The molecule has 1 aromatic heterocycles. The van der Waals surface area contributed by atoms with Gasteiger partial charge in [-0.3, -0.25) is 0 Å². The SMILES string of the molecule is CCNCc1cnc(OC(C)C(C)C)c2ccccc12. The molecule has 1 aromatic carbocycles. The van der Waals surface area contributed by atoms with Gasteiger partial charge in [0.25, 0.3) is 0 Å². The van der Waals surface area contributed by atoms with Gasteiger partial charge in [0.05, 0.1) is 6.10 Å². The number of fused-ring (bicyclic) bond motifs is 1. The fourth-order valence-corrected chi connectivity index (χ4v) is 2.03. The Morgan fingerprint density at radius 1 is 1.15 bits per heavy atom. The van der Waals surface area contributed by atoms with Crippen molar-refractivity contribution >= 4 is 10.8 Å². The second kappa shape index (κ2) is 6.71. The van der Waals surface area contributed by atoms with Gasteiger partial charge in [0.15, 0.2) is 0 Å². The lowest BCUT2D eigenvalue weighted by molar-refractivity contribution is 0.166. The molecule has 1 unspecified atom stereocenters. The topological polar surface area (TPSA) is 34.2 Å². The molecule has 0 bridgehead atoms. The highest BCUT2D eigenvalue weighted by atomic mass is 16.5. The van der Waals surface area contributed by atoms with E-state index in [-0.39, 0.29) is 6.10 Å². The van der Waals surface area contributed by atoms with Gasteiger partial charge in [0, 0.05) is 18.1 Å². The molecule has 108 valence electrons. The lowest BCUT2D eigenvalue weighted by atomic mass is 10.1. The average molecular weight is 272 g/mol. The first-order valence-corrected chi connectivity index (χ1v) is 7.37. The van der Waals surface area contributed by atoms with Crippen LogP contribution in [-0.4, -0.2) is 17.6 Å². The Kier molecular flexibility index (Phi) is 4.96. The number of hydrogen-bond donors (Lipinski definition) is 1. The summed E-state index contributed by atoms with van der Waals surface area (Å²) in [7, 11) is 0. The van der Waals surface area contributed by atoms with Crippen molar-refractivity contribution in [3.63, 3.8) is 0 Å². The molecule has 1 N–H and O–H groups in total. The number of hydrogen-bond acceptors (Lipinski definition) is 3. The van der Waals surface area contributed by atoms with Crippen LogP contribution in [0.1, 0.15) is 33.3 Å². The van der Waals surface area contributed by atoms with E-state index in [1.165, 1.54) is 10.9 Å². The Morgan fingerprint density at radius 2 is 1.85 bits per heavy atom. The van der Waals surface area contributed by atoms with E-state index in [0.29, 0.717) is 5.92 Å².